The average Bonchev–Trinajstić information content (AvgIpc) is 2.95. The molecule has 0 saturated heterocycles. The Balaban J connectivity index is 1.84. The number of rotatable bonds is 5. The Bertz CT molecular complexity index is 603. The van der Waals surface area contributed by atoms with Crippen molar-refractivity contribution in [1.29, 1.82) is 0 Å². The molecule has 0 unspecified atom stereocenters. The first-order valence-electron chi connectivity index (χ1n) is 7.00. The van der Waals surface area contributed by atoms with E-state index in [9.17, 15) is 4.79 Å². The summed E-state index contributed by atoms with van der Waals surface area (Å²) < 4.78 is 15.5. The molecular weight excluding hydrogens is 284 g/mol. The summed E-state index contributed by atoms with van der Waals surface area (Å²) in [6.45, 7) is 6.18. The molecule has 2 aromatic rings. The molecule has 0 saturated carbocycles. The first-order valence-corrected chi connectivity index (χ1v) is 7.00. The van der Waals surface area contributed by atoms with Crippen LogP contribution in [0.4, 0.5) is 4.79 Å². The lowest BCUT2D eigenvalue weighted by Gasteiger charge is -2.19. The van der Waals surface area contributed by atoms with E-state index in [-0.39, 0.29) is 0 Å². The van der Waals surface area contributed by atoms with Crippen molar-refractivity contribution in [3.63, 3.8) is 0 Å². The Kier molecular flexibility index (Phi) is 5.04. The zero-order valence-corrected chi connectivity index (χ0v) is 13.0. The first-order chi connectivity index (χ1) is 10.4. The first kappa shape index (κ1) is 15.9. The highest BCUT2D eigenvalue weighted by molar-refractivity contribution is 5.67. The molecule has 1 aromatic heterocycles. The fourth-order valence-electron chi connectivity index (χ4n) is 1.70. The standard InChI is InChI=1S/C16H20N2O4/c1-16(2,3)22-15(19)17-10-12-5-4-6-14(9-12)20-11-13-7-8-21-18-13/h4-9H,10-11H2,1-3H3,(H,17,19). The lowest BCUT2D eigenvalue weighted by Crippen LogP contribution is -2.32. The second-order valence-electron chi connectivity index (χ2n) is 5.78. The summed E-state index contributed by atoms with van der Waals surface area (Å²) in [6, 6.07) is 9.22. The van der Waals surface area contributed by atoms with E-state index in [0.717, 1.165) is 11.3 Å². The van der Waals surface area contributed by atoms with Gasteiger partial charge in [-0.05, 0) is 38.5 Å². The summed E-state index contributed by atoms with van der Waals surface area (Å²) in [6.07, 6.45) is 1.06. The Morgan fingerprint density at radius 2 is 2.14 bits per heavy atom. The molecule has 22 heavy (non-hydrogen) atoms. The number of carbonyl (C=O) groups excluding carboxylic acids is 1. The van der Waals surface area contributed by atoms with E-state index in [2.05, 4.69) is 10.5 Å². The van der Waals surface area contributed by atoms with E-state index in [0.29, 0.717) is 18.9 Å². The molecule has 0 spiro atoms. The summed E-state index contributed by atoms with van der Waals surface area (Å²) in [5.74, 6) is 0.700. The van der Waals surface area contributed by atoms with E-state index < -0.39 is 11.7 Å². The van der Waals surface area contributed by atoms with Gasteiger partial charge in [-0.2, -0.15) is 0 Å². The molecule has 1 amide bonds. The zero-order chi connectivity index (χ0) is 16.0. The van der Waals surface area contributed by atoms with Gasteiger partial charge in [0.2, 0.25) is 0 Å². The third-order valence-corrected chi connectivity index (χ3v) is 2.61. The van der Waals surface area contributed by atoms with Gasteiger partial charge in [-0.15, -0.1) is 0 Å². The molecule has 0 aliphatic carbocycles. The van der Waals surface area contributed by atoms with Gasteiger partial charge in [-0.3, -0.25) is 0 Å². The summed E-state index contributed by atoms with van der Waals surface area (Å²) in [7, 11) is 0. The van der Waals surface area contributed by atoms with Crippen LogP contribution < -0.4 is 10.1 Å². The monoisotopic (exact) mass is 304 g/mol. The molecule has 0 radical (unpaired) electrons. The summed E-state index contributed by atoms with van der Waals surface area (Å²) in [5, 5.41) is 6.48. The van der Waals surface area contributed by atoms with Crippen LogP contribution in [0.15, 0.2) is 41.1 Å². The number of carbonyl (C=O) groups is 1. The van der Waals surface area contributed by atoms with Crippen LogP contribution in [0.3, 0.4) is 0 Å². The van der Waals surface area contributed by atoms with Gasteiger partial charge in [0.1, 0.15) is 29.9 Å². The minimum atomic E-state index is -0.507. The van der Waals surface area contributed by atoms with Gasteiger partial charge in [-0.1, -0.05) is 17.3 Å². The molecule has 0 fully saturated rings. The minimum Gasteiger partial charge on any atom is -0.487 e. The predicted molar refractivity (Wildman–Crippen MR) is 80.4 cm³/mol. The molecule has 6 nitrogen and oxygen atoms in total. The molecule has 1 heterocycles. The highest BCUT2D eigenvalue weighted by atomic mass is 16.6. The number of benzene rings is 1. The molecule has 118 valence electrons. The zero-order valence-electron chi connectivity index (χ0n) is 13.0. The van der Waals surface area contributed by atoms with Gasteiger partial charge in [0.25, 0.3) is 0 Å². The van der Waals surface area contributed by atoms with Gasteiger partial charge >= 0.3 is 6.09 Å². The Morgan fingerprint density at radius 1 is 1.32 bits per heavy atom. The van der Waals surface area contributed by atoms with Crippen molar-refractivity contribution in [3.05, 3.63) is 47.9 Å². The Morgan fingerprint density at radius 3 is 2.82 bits per heavy atom. The van der Waals surface area contributed by atoms with Gasteiger partial charge in [0, 0.05) is 12.6 Å². The van der Waals surface area contributed by atoms with Crippen molar-refractivity contribution in [3.8, 4) is 5.75 Å². The fraction of sp³-hybridized carbons (Fsp3) is 0.375. The molecule has 6 heteroatoms. The van der Waals surface area contributed by atoms with Gasteiger partial charge in [0.05, 0.1) is 0 Å². The fourth-order valence-corrected chi connectivity index (χ4v) is 1.70. The number of ether oxygens (including phenoxy) is 2. The topological polar surface area (TPSA) is 73.6 Å². The van der Waals surface area contributed by atoms with Crippen molar-refractivity contribution < 1.29 is 18.8 Å². The van der Waals surface area contributed by atoms with Crippen LogP contribution in [-0.2, 0) is 17.9 Å². The number of nitrogens with zero attached hydrogens (tertiary/aromatic N) is 1. The van der Waals surface area contributed by atoms with E-state index >= 15 is 0 Å². The highest BCUT2D eigenvalue weighted by Crippen LogP contribution is 2.15. The molecule has 0 aliphatic heterocycles. The predicted octanol–water partition coefficient (Wildman–Crippen LogP) is 3.28. The lowest BCUT2D eigenvalue weighted by atomic mass is 10.2. The van der Waals surface area contributed by atoms with Crippen LogP contribution in [0.25, 0.3) is 0 Å². The smallest absolute Gasteiger partial charge is 0.407 e. The molecule has 0 atom stereocenters. The average molecular weight is 304 g/mol. The molecule has 2 rings (SSSR count). The quantitative estimate of drug-likeness (QED) is 0.917. The number of aromatic nitrogens is 1. The van der Waals surface area contributed by atoms with Crippen LogP contribution in [-0.4, -0.2) is 16.9 Å². The van der Waals surface area contributed by atoms with Gasteiger partial charge in [-0.25, -0.2) is 4.79 Å². The largest absolute Gasteiger partial charge is 0.487 e. The number of amides is 1. The number of alkyl carbamates (subject to hydrolysis) is 1. The maximum atomic E-state index is 11.6. The SMILES string of the molecule is CC(C)(C)OC(=O)NCc1cccc(OCc2ccon2)c1. The highest BCUT2D eigenvalue weighted by Gasteiger charge is 2.15. The van der Waals surface area contributed by atoms with Crippen LogP contribution >= 0.6 is 0 Å². The third kappa shape index (κ3) is 5.47. The third-order valence-electron chi connectivity index (χ3n) is 2.61. The maximum Gasteiger partial charge on any atom is 0.407 e. The van der Waals surface area contributed by atoms with Gasteiger partial charge in [0.15, 0.2) is 0 Å². The molecule has 0 aliphatic rings. The van der Waals surface area contributed by atoms with E-state index in [1.54, 1.807) is 6.07 Å². The maximum absolute atomic E-state index is 11.6. The van der Waals surface area contributed by atoms with E-state index in [1.807, 2.05) is 45.0 Å². The van der Waals surface area contributed by atoms with Crippen molar-refractivity contribution in [2.45, 2.75) is 39.5 Å². The number of hydrogen-bond acceptors (Lipinski definition) is 5. The van der Waals surface area contributed by atoms with E-state index in [1.165, 1.54) is 6.26 Å². The van der Waals surface area contributed by atoms with Crippen LogP contribution in [0.1, 0.15) is 32.0 Å². The summed E-state index contributed by atoms with van der Waals surface area (Å²) in [5.41, 5.74) is 1.13. The van der Waals surface area contributed by atoms with Crippen LogP contribution in [0, 0.1) is 0 Å². The van der Waals surface area contributed by atoms with Crippen molar-refractivity contribution in [2.75, 3.05) is 0 Å². The molecule has 1 aromatic carbocycles. The second-order valence-corrected chi connectivity index (χ2v) is 5.78. The van der Waals surface area contributed by atoms with Crippen molar-refractivity contribution >= 4 is 6.09 Å². The van der Waals surface area contributed by atoms with Crippen LogP contribution in [0.5, 0.6) is 5.75 Å². The van der Waals surface area contributed by atoms with Gasteiger partial charge < -0.3 is 19.3 Å². The lowest BCUT2D eigenvalue weighted by molar-refractivity contribution is 0.0523. The second kappa shape index (κ2) is 6.98. The molecule has 1 N–H and O–H groups in total. The van der Waals surface area contributed by atoms with Crippen molar-refractivity contribution in [2.24, 2.45) is 0 Å². The Labute approximate surface area is 129 Å². The number of hydrogen-bond donors (Lipinski definition) is 1. The van der Waals surface area contributed by atoms with Crippen molar-refractivity contribution in [1.82, 2.24) is 10.5 Å². The molecular formula is C16H20N2O4. The van der Waals surface area contributed by atoms with Crippen LogP contribution in [0.2, 0.25) is 0 Å². The summed E-state index contributed by atoms with van der Waals surface area (Å²) >= 11 is 0. The molecule has 0 bridgehead atoms. The normalized spacial score (nSPS) is 11.0. The summed E-state index contributed by atoms with van der Waals surface area (Å²) in [4.78, 5) is 11.6. The minimum absolute atomic E-state index is 0.333. The van der Waals surface area contributed by atoms with E-state index in [4.69, 9.17) is 14.0 Å². The Hall–Kier alpha value is -2.50. The number of nitrogens with one attached hydrogen (secondary N) is 1.